The predicted octanol–water partition coefficient (Wildman–Crippen LogP) is 3.67. The summed E-state index contributed by atoms with van der Waals surface area (Å²) in [5.74, 6) is 0. The number of nitrogens with one attached hydrogen (secondary N) is 1. The SMILES string of the molecule is Cc1cc(S(=O)(=O)Nc2cncc(Br)c2)sc1Cl. The second kappa shape index (κ2) is 5.16. The number of pyridine rings is 1. The van der Waals surface area contributed by atoms with Gasteiger partial charge in [-0.05, 0) is 40.5 Å². The molecule has 1 N–H and O–H groups in total. The predicted molar refractivity (Wildman–Crippen MR) is 76.8 cm³/mol. The van der Waals surface area contributed by atoms with E-state index in [4.69, 9.17) is 11.6 Å². The average molecular weight is 368 g/mol. The minimum atomic E-state index is -3.61. The van der Waals surface area contributed by atoms with Crippen LogP contribution in [0.1, 0.15) is 5.56 Å². The maximum absolute atomic E-state index is 12.1. The van der Waals surface area contributed by atoms with E-state index in [0.29, 0.717) is 14.5 Å². The van der Waals surface area contributed by atoms with Crippen molar-refractivity contribution in [1.29, 1.82) is 0 Å². The summed E-state index contributed by atoms with van der Waals surface area (Å²) in [4.78, 5) is 3.89. The van der Waals surface area contributed by atoms with E-state index in [0.717, 1.165) is 16.9 Å². The highest BCUT2D eigenvalue weighted by Crippen LogP contribution is 2.31. The number of rotatable bonds is 3. The summed E-state index contributed by atoms with van der Waals surface area (Å²) >= 11 is 10.1. The van der Waals surface area contributed by atoms with Gasteiger partial charge in [-0.1, -0.05) is 11.6 Å². The molecule has 2 heterocycles. The van der Waals surface area contributed by atoms with Gasteiger partial charge < -0.3 is 0 Å². The van der Waals surface area contributed by atoms with Crippen molar-refractivity contribution in [3.05, 3.63) is 38.9 Å². The van der Waals surface area contributed by atoms with Gasteiger partial charge in [0.05, 0.1) is 16.2 Å². The highest BCUT2D eigenvalue weighted by molar-refractivity contribution is 9.10. The summed E-state index contributed by atoms with van der Waals surface area (Å²) in [5.41, 5.74) is 1.14. The first kappa shape index (κ1) is 13.8. The van der Waals surface area contributed by atoms with Gasteiger partial charge in [0.2, 0.25) is 0 Å². The van der Waals surface area contributed by atoms with Gasteiger partial charge in [-0.25, -0.2) is 8.42 Å². The molecule has 18 heavy (non-hydrogen) atoms. The summed E-state index contributed by atoms with van der Waals surface area (Å²) < 4.78 is 28.0. The van der Waals surface area contributed by atoms with Crippen LogP contribution in [0.15, 0.2) is 33.2 Å². The molecule has 0 aliphatic rings. The van der Waals surface area contributed by atoms with E-state index in [1.165, 1.54) is 6.20 Å². The van der Waals surface area contributed by atoms with E-state index in [9.17, 15) is 8.42 Å². The Morgan fingerprint density at radius 1 is 1.39 bits per heavy atom. The number of nitrogens with zero attached hydrogens (tertiary/aromatic N) is 1. The average Bonchev–Trinajstić information content (AvgIpc) is 2.59. The van der Waals surface area contributed by atoms with Crippen molar-refractivity contribution < 1.29 is 8.42 Å². The molecule has 0 fully saturated rings. The highest BCUT2D eigenvalue weighted by Gasteiger charge is 2.18. The van der Waals surface area contributed by atoms with Crippen LogP contribution in [0.5, 0.6) is 0 Å². The second-order valence-corrected chi connectivity index (χ2v) is 8.00. The van der Waals surface area contributed by atoms with Crippen LogP contribution in [-0.4, -0.2) is 13.4 Å². The van der Waals surface area contributed by atoms with Crippen molar-refractivity contribution in [3.63, 3.8) is 0 Å². The van der Waals surface area contributed by atoms with Crippen molar-refractivity contribution in [2.45, 2.75) is 11.1 Å². The van der Waals surface area contributed by atoms with Crippen molar-refractivity contribution in [3.8, 4) is 0 Å². The van der Waals surface area contributed by atoms with E-state index < -0.39 is 10.0 Å². The number of hydrogen-bond acceptors (Lipinski definition) is 4. The molecule has 0 radical (unpaired) electrons. The molecule has 0 spiro atoms. The van der Waals surface area contributed by atoms with Gasteiger partial charge in [0.25, 0.3) is 10.0 Å². The van der Waals surface area contributed by atoms with Crippen LogP contribution in [-0.2, 0) is 10.0 Å². The lowest BCUT2D eigenvalue weighted by atomic mass is 10.4. The van der Waals surface area contributed by atoms with Crippen LogP contribution < -0.4 is 4.72 Å². The van der Waals surface area contributed by atoms with Crippen molar-refractivity contribution in [2.75, 3.05) is 4.72 Å². The van der Waals surface area contributed by atoms with Gasteiger partial charge in [-0.15, -0.1) is 11.3 Å². The van der Waals surface area contributed by atoms with Crippen LogP contribution in [0.2, 0.25) is 4.34 Å². The number of hydrogen-bond donors (Lipinski definition) is 1. The molecular formula is C10H8BrClN2O2S2. The van der Waals surface area contributed by atoms with E-state index >= 15 is 0 Å². The zero-order valence-electron chi connectivity index (χ0n) is 9.15. The van der Waals surface area contributed by atoms with E-state index in [-0.39, 0.29) is 4.21 Å². The molecule has 0 amide bonds. The largest absolute Gasteiger partial charge is 0.277 e. The lowest BCUT2D eigenvalue weighted by Gasteiger charge is -2.05. The molecule has 2 aromatic heterocycles. The Kier molecular flexibility index (Phi) is 3.96. The summed E-state index contributed by atoms with van der Waals surface area (Å²) in [5, 5.41) is 0. The zero-order chi connectivity index (χ0) is 13.3. The third-order valence-electron chi connectivity index (χ3n) is 2.06. The fraction of sp³-hybridized carbons (Fsp3) is 0.100. The van der Waals surface area contributed by atoms with Gasteiger partial charge in [0.15, 0.2) is 0 Å². The molecule has 0 unspecified atom stereocenters. The molecular weight excluding hydrogens is 360 g/mol. The van der Waals surface area contributed by atoms with Gasteiger partial charge in [-0.3, -0.25) is 9.71 Å². The standard InChI is InChI=1S/C10H8BrClN2O2S2/c1-6-2-9(17-10(6)12)18(15,16)14-8-3-7(11)4-13-5-8/h2-5,14H,1H3. The Balaban J connectivity index is 2.33. The quantitative estimate of drug-likeness (QED) is 0.900. The Labute approximate surface area is 122 Å². The van der Waals surface area contributed by atoms with Gasteiger partial charge in [0.1, 0.15) is 4.21 Å². The van der Waals surface area contributed by atoms with Crippen molar-refractivity contribution in [2.24, 2.45) is 0 Å². The van der Waals surface area contributed by atoms with Crippen LogP contribution in [0.3, 0.4) is 0 Å². The molecule has 0 aromatic carbocycles. The van der Waals surface area contributed by atoms with Crippen LogP contribution >= 0.6 is 38.9 Å². The number of anilines is 1. The molecule has 2 aromatic rings. The molecule has 8 heteroatoms. The first-order valence-corrected chi connectivity index (χ1v) is 8.25. The van der Waals surface area contributed by atoms with Crippen LogP contribution in [0, 0.1) is 6.92 Å². The highest BCUT2D eigenvalue weighted by atomic mass is 79.9. The first-order valence-electron chi connectivity index (χ1n) is 4.78. The smallest absolute Gasteiger partial charge is 0.271 e. The van der Waals surface area contributed by atoms with Crippen LogP contribution in [0.4, 0.5) is 5.69 Å². The summed E-state index contributed by atoms with van der Waals surface area (Å²) in [7, 11) is -3.61. The van der Waals surface area contributed by atoms with Gasteiger partial charge >= 0.3 is 0 Å². The third-order valence-corrected chi connectivity index (χ3v) is 5.90. The van der Waals surface area contributed by atoms with Gasteiger partial charge in [-0.2, -0.15) is 0 Å². The number of sulfonamides is 1. The maximum Gasteiger partial charge on any atom is 0.271 e. The first-order chi connectivity index (χ1) is 8.38. The Hall–Kier alpha value is -0.630. The van der Waals surface area contributed by atoms with E-state index in [1.807, 2.05) is 0 Å². The Bertz CT molecular complexity index is 665. The minimum absolute atomic E-state index is 0.185. The molecule has 4 nitrogen and oxygen atoms in total. The van der Waals surface area contributed by atoms with E-state index in [2.05, 4.69) is 25.6 Å². The maximum atomic E-state index is 12.1. The summed E-state index contributed by atoms with van der Waals surface area (Å²) in [6.45, 7) is 1.76. The third kappa shape index (κ3) is 3.03. The minimum Gasteiger partial charge on any atom is -0.277 e. The molecule has 0 aliphatic heterocycles. The lowest BCUT2D eigenvalue weighted by molar-refractivity contribution is 0.603. The molecule has 0 atom stereocenters. The monoisotopic (exact) mass is 366 g/mol. The Morgan fingerprint density at radius 2 is 2.11 bits per heavy atom. The fourth-order valence-electron chi connectivity index (χ4n) is 1.24. The molecule has 0 saturated heterocycles. The lowest BCUT2D eigenvalue weighted by Crippen LogP contribution is -2.11. The number of halogens is 2. The zero-order valence-corrected chi connectivity index (χ0v) is 13.1. The summed E-state index contributed by atoms with van der Waals surface area (Å²) in [6, 6.07) is 3.17. The van der Waals surface area contributed by atoms with Gasteiger partial charge in [0, 0.05) is 10.7 Å². The second-order valence-electron chi connectivity index (χ2n) is 3.52. The Morgan fingerprint density at radius 3 is 2.67 bits per heavy atom. The topological polar surface area (TPSA) is 59.1 Å². The fourth-order valence-corrected chi connectivity index (χ4v) is 4.34. The molecule has 0 saturated carbocycles. The normalized spacial score (nSPS) is 11.5. The van der Waals surface area contributed by atoms with E-state index in [1.54, 1.807) is 25.3 Å². The molecule has 96 valence electrons. The molecule has 2 rings (SSSR count). The molecule has 0 bridgehead atoms. The number of aryl methyl sites for hydroxylation is 1. The van der Waals surface area contributed by atoms with Crippen LogP contribution in [0.25, 0.3) is 0 Å². The number of aromatic nitrogens is 1. The molecule has 0 aliphatic carbocycles. The van der Waals surface area contributed by atoms with Crippen molar-refractivity contribution in [1.82, 2.24) is 4.98 Å². The summed E-state index contributed by atoms with van der Waals surface area (Å²) in [6.07, 6.45) is 3.01. The van der Waals surface area contributed by atoms with Crippen molar-refractivity contribution >= 4 is 54.6 Å². The number of thiophene rings is 1.